The van der Waals surface area contributed by atoms with Crippen molar-refractivity contribution in [3.05, 3.63) is 11.9 Å². The van der Waals surface area contributed by atoms with Crippen molar-refractivity contribution in [2.45, 2.75) is 25.8 Å². The van der Waals surface area contributed by atoms with E-state index in [1.165, 1.54) is 0 Å². The lowest BCUT2D eigenvalue weighted by molar-refractivity contribution is -0.133. The second-order valence-electron chi connectivity index (χ2n) is 4.82. The third-order valence-electron chi connectivity index (χ3n) is 3.21. The van der Waals surface area contributed by atoms with E-state index < -0.39 is 11.9 Å². The molecular weight excluding hydrogens is 278 g/mol. The molecule has 0 saturated carbocycles. The van der Waals surface area contributed by atoms with Crippen LogP contribution in [-0.2, 0) is 16.1 Å². The zero-order valence-electron chi connectivity index (χ0n) is 11.5. The monoisotopic (exact) mass is 295 g/mol. The lowest BCUT2D eigenvalue weighted by Gasteiger charge is -2.26. The van der Waals surface area contributed by atoms with Crippen molar-refractivity contribution in [1.29, 1.82) is 0 Å². The third kappa shape index (κ3) is 4.26. The Balaban J connectivity index is 1.76. The van der Waals surface area contributed by atoms with Gasteiger partial charge in [0.2, 0.25) is 11.8 Å². The van der Waals surface area contributed by atoms with Crippen molar-refractivity contribution in [1.82, 2.24) is 25.2 Å². The van der Waals surface area contributed by atoms with Crippen LogP contribution >= 0.6 is 0 Å². The Labute approximate surface area is 120 Å². The largest absolute Gasteiger partial charge is 0.476 e. The van der Waals surface area contributed by atoms with Gasteiger partial charge in [0.1, 0.15) is 6.54 Å². The van der Waals surface area contributed by atoms with Crippen molar-refractivity contribution in [2.75, 3.05) is 19.6 Å². The molecule has 0 unspecified atom stereocenters. The van der Waals surface area contributed by atoms with Crippen molar-refractivity contribution in [3.8, 4) is 0 Å². The van der Waals surface area contributed by atoms with E-state index in [2.05, 4.69) is 15.6 Å². The van der Waals surface area contributed by atoms with E-state index >= 15 is 0 Å². The normalized spacial score (nSPS) is 14.8. The first kappa shape index (κ1) is 14.9. The van der Waals surface area contributed by atoms with E-state index in [-0.39, 0.29) is 24.7 Å². The second-order valence-corrected chi connectivity index (χ2v) is 4.82. The Morgan fingerprint density at radius 3 is 2.57 bits per heavy atom. The van der Waals surface area contributed by atoms with Gasteiger partial charge >= 0.3 is 5.97 Å². The van der Waals surface area contributed by atoms with E-state index in [1.54, 1.807) is 4.90 Å². The predicted molar refractivity (Wildman–Crippen MR) is 70.4 cm³/mol. The Hall–Kier alpha value is -2.45. The number of carbonyl (C=O) groups excluding carboxylic acids is 2. The van der Waals surface area contributed by atoms with Gasteiger partial charge in [-0.1, -0.05) is 5.21 Å². The van der Waals surface area contributed by atoms with Crippen molar-refractivity contribution >= 4 is 17.8 Å². The van der Waals surface area contributed by atoms with Crippen LogP contribution in [0.25, 0.3) is 0 Å². The number of amides is 2. The molecular formula is C12H17N5O4. The number of nitrogens with one attached hydrogen (secondary N) is 1. The van der Waals surface area contributed by atoms with Crippen LogP contribution in [0, 0.1) is 0 Å². The maximum absolute atomic E-state index is 11.8. The number of hydrogen-bond donors (Lipinski definition) is 2. The third-order valence-corrected chi connectivity index (χ3v) is 3.21. The maximum atomic E-state index is 11.8. The van der Waals surface area contributed by atoms with Crippen molar-refractivity contribution in [2.24, 2.45) is 0 Å². The summed E-state index contributed by atoms with van der Waals surface area (Å²) in [7, 11) is 0. The summed E-state index contributed by atoms with van der Waals surface area (Å²) >= 11 is 0. The smallest absolute Gasteiger partial charge is 0.358 e. The number of likely N-dealkylation sites (tertiary alicyclic amines) is 1. The minimum absolute atomic E-state index is 0.0562. The summed E-state index contributed by atoms with van der Waals surface area (Å²) in [6.45, 7) is 1.24. The van der Waals surface area contributed by atoms with Gasteiger partial charge in [0.15, 0.2) is 5.69 Å². The molecule has 0 atom stereocenters. The molecule has 21 heavy (non-hydrogen) atoms. The van der Waals surface area contributed by atoms with Gasteiger partial charge in [-0.3, -0.25) is 9.59 Å². The molecule has 2 rings (SSSR count). The maximum Gasteiger partial charge on any atom is 0.358 e. The van der Waals surface area contributed by atoms with Crippen LogP contribution in [-0.4, -0.2) is 62.4 Å². The summed E-state index contributed by atoms with van der Waals surface area (Å²) in [5.74, 6) is -1.73. The number of piperidine rings is 1. The average molecular weight is 295 g/mol. The number of aromatic nitrogens is 3. The van der Waals surface area contributed by atoms with E-state index in [0.717, 1.165) is 43.2 Å². The summed E-state index contributed by atoms with van der Waals surface area (Å²) in [4.78, 5) is 35.9. The number of rotatable bonds is 5. The van der Waals surface area contributed by atoms with E-state index in [9.17, 15) is 14.4 Å². The summed E-state index contributed by atoms with van der Waals surface area (Å²) < 4.78 is 1.12. The molecule has 1 fully saturated rings. The number of carboxylic acid groups (broad SMARTS) is 1. The number of nitrogens with zero attached hydrogens (tertiary/aromatic N) is 4. The molecule has 2 N–H and O–H groups in total. The quantitative estimate of drug-likeness (QED) is 0.727. The van der Waals surface area contributed by atoms with Crippen LogP contribution in [0.5, 0.6) is 0 Å². The minimum atomic E-state index is -1.21. The van der Waals surface area contributed by atoms with E-state index in [1.807, 2.05) is 0 Å². The van der Waals surface area contributed by atoms with Crippen LogP contribution in [0.1, 0.15) is 29.8 Å². The lowest BCUT2D eigenvalue weighted by Crippen LogP contribution is -2.43. The molecule has 9 nitrogen and oxygen atoms in total. The summed E-state index contributed by atoms with van der Waals surface area (Å²) in [6, 6.07) is 0. The molecule has 2 heterocycles. The number of carbonyl (C=O) groups is 3. The fraction of sp³-hybridized carbons (Fsp3) is 0.583. The standard InChI is InChI=1S/C12H17N5O4/c18-10(8-17-7-9(12(20)21)14-15-17)13-6-11(19)16-4-2-1-3-5-16/h7H,1-6,8H2,(H,13,18)(H,20,21). The van der Waals surface area contributed by atoms with Gasteiger partial charge in [-0.25, -0.2) is 9.48 Å². The van der Waals surface area contributed by atoms with Gasteiger partial charge in [0.25, 0.3) is 0 Å². The molecule has 1 aromatic heterocycles. The summed E-state index contributed by atoms with van der Waals surface area (Å²) in [5.41, 5.74) is -0.229. The Morgan fingerprint density at radius 1 is 1.24 bits per heavy atom. The predicted octanol–water partition coefficient (Wildman–Crippen LogP) is -0.895. The van der Waals surface area contributed by atoms with Gasteiger partial charge in [0, 0.05) is 13.1 Å². The van der Waals surface area contributed by atoms with Gasteiger partial charge in [0.05, 0.1) is 12.7 Å². The summed E-state index contributed by atoms with van der Waals surface area (Å²) in [6.07, 6.45) is 4.29. The van der Waals surface area contributed by atoms with Crippen molar-refractivity contribution < 1.29 is 19.5 Å². The molecule has 114 valence electrons. The molecule has 1 saturated heterocycles. The van der Waals surface area contributed by atoms with Crippen LogP contribution in [0.3, 0.4) is 0 Å². The molecule has 1 aromatic rings. The zero-order valence-corrected chi connectivity index (χ0v) is 11.5. The fourth-order valence-corrected chi connectivity index (χ4v) is 2.11. The Bertz CT molecular complexity index is 536. The number of aromatic carboxylic acids is 1. The van der Waals surface area contributed by atoms with Gasteiger partial charge in [-0.15, -0.1) is 5.10 Å². The number of hydrogen-bond acceptors (Lipinski definition) is 5. The lowest BCUT2D eigenvalue weighted by atomic mass is 10.1. The Morgan fingerprint density at radius 2 is 1.95 bits per heavy atom. The molecule has 0 spiro atoms. The molecule has 9 heteroatoms. The molecule has 1 aliphatic heterocycles. The highest BCUT2D eigenvalue weighted by Crippen LogP contribution is 2.08. The zero-order chi connectivity index (χ0) is 15.2. The molecule has 1 aliphatic rings. The SMILES string of the molecule is O=C(Cn1cc(C(=O)O)nn1)NCC(=O)N1CCCCC1. The van der Waals surface area contributed by atoms with Crippen molar-refractivity contribution in [3.63, 3.8) is 0 Å². The topological polar surface area (TPSA) is 117 Å². The second kappa shape index (κ2) is 6.82. The van der Waals surface area contributed by atoms with Crippen LogP contribution in [0.15, 0.2) is 6.20 Å². The highest BCUT2D eigenvalue weighted by atomic mass is 16.4. The highest BCUT2D eigenvalue weighted by Gasteiger charge is 2.17. The summed E-state index contributed by atoms with van der Waals surface area (Å²) in [5, 5.41) is 18.1. The molecule has 0 bridgehead atoms. The van der Waals surface area contributed by atoms with E-state index in [4.69, 9.17) is 5.11 Å². The minimum Gasteiger partial charge on any atom is -0.476 e. The first-order valence-corrected chi connectivity index (χ1v) is 6.74. The average Bonchev–Trinajstić information content (AvgIpc) is 2.94. The van der Waals surface area contributed by atoms with Gasteiger partial charge in [-0.05, 0) is 19.3 Å². The first-order valence-electron chi connectivity index (χ1n) is 6.74. The molecule has 0 radical (unpaired) electrons. The first-order chi connectivity index (χ1) is 10.1. The highest BCUT2D eigenvalue weighted by molar-refractivity contribution is 5.85. The van der Waals surface area contributed by atoms with Crippen LogP contribution in [0.4, 0.5) is 0 Å². The molecule has 0 aromatic carbocycles. The van der Waals surface area contributed by atoms with Gasteiger partial charge < -0.3 is 15.3 Å². The Kier molecular flexibility index (Phi) is 4.85. The van der Waals surface area contributed by atoms with Crippen LogP contribution < -0.4 is 5.32 Å². The molecule has 0 aliphatic carbocycles. The fourth-order valence-electron chi connectivity index (χ4n) is 2.11. The van der Waals surface area contributed by atoms with Crippen LogP contribution in [0.2, 0.25) is 0 Å². The number of carboxylic acids is 1. The van der Waals surface area contributed by atoms with Gasteiger partial charge in [-0.2, -0.15) is 0 Å². The van der Waals surface area contributed by atoms with E-state index in [0.29, 0.717) is 0 Å². The molecule has 2 amide bonds.